The van der Waals surface area contributed by atoms with E-state index in [1.807, 2.05) is 0 Å². The van der Waals surface area contributed by atoms with Gasteiger partial charge < -0.3 is 0 Å². The molecular formula is C9H12F3N. The van der Waals surface area contributed by atoms with Gasteiger partial charge in [-0.2, -0.15) is 13.2 Å². The van der Waals surface area contributed by atoms with E-state index >= 15 is 0 Å². The summed E-state index contributed by atoms with van der Waals surface area (Å²) < 4.78 is 36.1. The number of nitrogens with zero attached hydrogens (tertiary/aromatic N) is 1. The van der Waals surface area contributed by atoms with Crippen LogP contribution in [0, 0.1) is 0 Å². The number of alkyl halides is 3. The Hall–Kier alpha value is -1.06. The second kappa shape index (κ2) is 4.84. The van der Waals surface area contributed by atoms with Crippen LogP contribution in [0.5, 0.6) is 0 Å². The monoisotopic (exact) mass is 191 g/mol. The molecular weight excluding hydrogens is 179 g/mol. The highest BCUT2D eigenvalue weighted by Gasteiger charge is 2.29. The summed E-state index contributed by atoms with van der Waals surface area (Å²) in [5.74, 6) is 0. The maximum absolute atomic E-state index is 12.0. The lowest BCUT2D eigenvalue weighted by atomic mass is 10.2. The molecule has 0 aromatic carbocycles. The Morgan fingerprint density at radius 1 is 1.31 bits per heavy atom. The molecule has 0 aliphatic heterocycles. The largest absolute Gasteiger partial charge is 0.412 e. The molecule has 0 aromatic rings. The molecule has 0 saturated heterocycles. The Morgan fingerprint density at radius 3 is 2.15 bits per heavy atom. The third-order valence-corrected chi connectivity index (χ3v) is 1.44. The van der Waals surface area contributed by atoms with Crippen molar-refractivity contribution in [2.24, 2.45) is 4.99 Å². The van der Waals surface area contributed by atoms with Gasteiger partial charge in [0.2, 0.25) is 0 Å². The van der Waals surface area contributed by atoms with Crippen molar-refractivity contribution >= 4 is 6.21 Å². The van der Waals surface area contributed by atoms with Crippen LogP contribution in [0.2, 0.25) is 0 Å². The first-order valence-corrected chi connectivity index (χ1v) is 3.75. The molecule has 1 nitrogen and oxygen atoms in total. The zero-order chi connectivity index (χ0) is 10.5. The van der Waals surface area contributed by atoms with Gasteiger partial charge in [-0.1, -0.05) is 6.08 Å². The lowest BCUT2D eigenvalue weighted by Crippen LogP contribution is -2.09. The van der Waals surface area contributed by atoms with Gasteiger partial charge >= 0.3 is 6.18 Å². The Morgan fingerprint density at radius 2 is 1.85 bits per heavy atom. The average Bonchev–Trinajstić information content (AvgIpc) is 2.01. The van der Waals surface area contributed by atoms with Crippen molar-refractivity contribution in [3.8, 4) is 0 Å². The number of allylic oxidation sites excluding steroid dienone is 4. The zero-order valence-corrected chi connectivity index (χ0v) is 7.81. The molecule has 0 atom stereocenters. The van der Waals surface area contributed by atoms with E-state index in [1.165, 1.54) is 13.3 Å². The Labute approximate surface area is 75.7 Å². The maximum Gasteiger partial charge on any atom is 0.412 e. The van der Waals surface area contributed by atoms with E-state index in [2.05, 4.69) is 4.99 Å². The first-order chi connectivity index (χ1) is 5.91. The van der Waals surface area contributed by atoms with Crippen LogP contribution in [0.15, 0.2) is 28.3 Å². The summed E-state index contributed by atoms with van der Waals surface area (Å²) in [6.07, 6.45) is -0.236. The normalized spacial score (nSPS) is 15.5. The summed E-state index contributed by atoms with van der Waals surface area (Å²) in [6.45, 7) is 2.70. The van der Waals surface area contributed by atoms with E-state index < -0.39 is 11.7 Å². The predicted molar refractivity (Wildman–Crippen MR) is 48.0 cm³/mol. The predicted octanol–water partition coefficient (Wildman–Crippen LogP) is 3.14. The molecule has 0 N–H and O–H groups in total. The molecule has 0 aliphatic rings. The Kier molecular flexibility index (Phi) is 4.45. The number of hydrogen-bond donors (Lipinski definition) is 0. The van der Waals surface area contributed by atoms with Crippen molar-refractivity contribution in [1.29, 1.82) is 0 Å². The Balaban J connectivity index is 4.73. The maximum atomic E-state index is 12.0. The van der Waals surface area contributed by atoms with Crippen LogP contribution in [0.25, 0.3) is 0 Å². The third kappa shape index (κ3) is 4.50. The van der Waals surface area contributed by atoms with Crippen molar-refractivity contribution in [2.75, 3.05) is 7.05 Å². The van der Waals surface area contributed by atoms with Crippen molar-refractivity contribution < 1.29 is 13.2 Å². The quantitative estimate of drug-likeness (QED) is 0.469. The molecule has 74 valence electrons. The number of halogens is 3. The third-order valence-electron chi connectivity index (χ3n) is 1.44. The average molecular weight is 191 g/mol. The highest BCUT2D eigenvalue weighted by Crippen LogP contribution is 2.25. The van der Waals surface area contributed by atoms with Gasteiger partial charge in [-0.25, -0.2) is 0 Å². The molecule has 0 saturated carbocycles. The fraction of sp³-hybridized carbons (Fsp3) is 0.444. The summed E-state index contributed by atoms with van der Waals surface area (Å²) in [5.41, 5.74) is -0.169. The molecule has 0 radical (unpaired) electrons. The van der Waals surface area contributed by atoms with Crippen molar-refractivity contribution in [1.82, 2.24) is 0 Å². The molecule has 0 rings (SSSR count). The first-order valence-electron chi connectivity index (χ1n) is 3.75. The van der Waals surface area contributed by atoms with E-state index in [9.17, 15) is 13.2 Å². The van der Waals surface area contributed by atoms with Crippen molar-refractivity contribution in [2.45, 2.75) is 20.0 Å². The smallest absolute Gasteiger partial charge is 0.296 e. The highest BCUT2D eigenvalue weighted by molar-refractivity contribution is 5.82. The van der Waals surface area contributed by atoms with Gasteiger partial charge in [0.25, 0.3) is 0 Å². The molecule has 0 spiro atoms. The minimum atomic E-state index is -4.25. The van der Waals surface area contributed by atoms with Crippen molar-refractivity contribution in [3.63, 3.8) is 0 Å². The summed E-state index contributed by atoms with van der Waals surface area (Å²) in [7, 11) is 1.51. The summed E-state index contributed by atoms with van der Waals surface area (Å²) in [4.78, 5) is 3.64. The van der Waals surface area contributed by atoms with Crippen molar-refractivity contribution in [3.05, 3.63) is 23.3 Å². The summed E-state index contributed by atoms with van der Waals surface area (Å²) in [5, 5.41) is 0. The van der Waals surface area contributed by atoms with E-state index in [0.717, 1.165) is 13.0 Å². The van der Waals surface area contributed by atoms with Crippen LogP contribution in [0.4, 0.5) is 13.2 Å². The molecule has 4 heteroatoms. The number of hydrogen-bond acceptors (Lipinski definition) is 1. The molecule has 13 heavy (non-hydrogen) atoms. The Bertz CT molecular complexity index is 246. The molecule has 0 unspecified atom stereocenters. The minimum Gasteiger partial charge on any atom is -0.296 e. The second-order valence-corrected chi connectivity index (χ2v) is 2.50. The van der Waals surface area contributed by atoms with Crippen LogP contribution >= 0.6 is 0 Å². The first kappa shape index (κ1) is 11.9. The molecule has 0 amide bonds. The zero-order valence-electron chi connectivity index (χ0n) is 7.81. The standard InChI is InChI=1S/C9H12F3N/c1-4-8(6-13-3)5-7(2)9(10,11)12/h4-6H,1-3H3/b7-5+,8-4+,13-6+. The fourth-order valence-electron chi connectivity index (χ4n) is 0.676. The van der Waals surface area contributed by atoms with Gasteiger partial charge in [-0.05, 0) is 25.5 Å². The SMILES string of the molecule is C/C=C(/C=N/C)\C=C(/C)C(F)(F)F. The van der Waals surface area contributed by atoms with Crippen LogP contribution in [-0.2, 0) is 0 Å². The lowest BCUT2D eigenvalue weighted by Gasteiger charge is -2.05. The molecule has 0 bridgehead atoms. The fourth-order valence-corrected chi connectivity index (χ4v) is 0.676. The van der Waals surface area contributed by atoms with Gasteiger partial charge in [0.1, 0.15) is 0 Å². The molecule has 0 aliphatic carbocycles. The van der Waals surface area contributed by atoms with Gasteiger partial charge in [0.15, 0.2) is 0 Å². The lowest BCUT2D eigenvalue weighted by molar-refractivity contribution is -0.0913. The second-order valence-electron chi connectivity index (χ2n) is 2.50. The summed E-state index contributed by atoms with van der Waals surface area (Å²) in [6, 6.07) is 0. The van der Waals surface area contributed by atoms with E-state index in [0.29, 0.717) is 5.57 Å². The van der Waals surface area contributed by atoms with E-state index in [1.54, 1.807) is 13.0 Å². The van der Waals surface area contributed by atoms with Gasteiger partial charge in [-0.15, -0.1) is 0 Å². The molecule has 0 aromatic heterocycles. The van der Waals surface area contributed by atoms with E-state index in [-0.39, 0.29) is 0 Å². The van der Waals surface area contributed by atoms with Crippen LogP contribution in [-0.4, -0.2) is 19.4 Å². The van der Waals surface area contributed by atoms with Crippen LogP contribution < -0.4 is 0 Å². The van der Waals surface area contributed by atoms with Gasteiger partial charge in [0.05, 0.1) is 0 Å². The number of aliphatic imine (C=N–C) groups is 1. The van der Waals surface area contributed by atoms with Crippen LogP contribution in [0.3, 0.4) is 0 Å². The van der Waals surface area contributed by atoms with Crippen LogP contribution in [0.1, 0.15) is 13.8 Å². The highest BCUT2D eigenvalue weighted by atomic mass is 19.4. The minimum absolute atomic E-state index is 0.456. The number of rotatable bonds is 2. The molecule has 0 heterocycles. The topological polar surface area (TPSA) is 12.4 Å². The van der Waals surface area contributed by atoms with Gasteiger partial charge in [0, 0.05) is 18.8 Å². The van der Waals surface area contributed by atoms with E-state index in [4.69, 9.17) is 0 Å². The molecule has 0 fully saturated rings. The summed E-state index contributed by atoms with van der Waals surface area (Å²) >= 11 is 0. The van der Waals surface area contributed by atoms with Gasteiger partial charge in [-0.3, -0.25) is 4.99 Å².